The maximum absolute atomic E-state index is 11.9. The summed E-state index contributed by atoms with van der Waals surface area (Å²) in [6.07, 6.45) is 2.51. The van der Waals surface area contributed by atoms with E-state index in [9.17, 15) is 4.79 Å². The Morgan fingerprint density at radius 3 is 2.61 bits per heavy atom. The van der Waals surface area contributed by atoms with Gasteiger partial charge in [-0.25, -0.2) is 4.99 Å². The summed E-state index contributed by atoms with van der Waals surface area (Å²) >= 11 is 0. The standard InChI is InChI=1S/C21H30N4O3/c1-4-22-21(23-12-6-13-27-16-19-7-5-14-28-19)24-15-17-8-10-18(11-9-17)20(26)25(2)3/h5,7-11,14H,4,6,12-13,15-16H2,1-3H3,(H2,22,23,24). The third kappa shape index (κ3) is 7.44. The lowest BCUT2D eigenvalue weighted by atomic mass is 10.1. The van der Waals surface area contributed by atoms with Crippen molar-refractivity contribution in [3.63, 3.8) is 0 Å². The molecule has 7 nitrogen and oxygen atoms in total. The number of rotatable bonds is 10. The average molecular weight is 386 g/mol. The monoisotopic (exact) mass is 386 g/mol. The van der Waals surface area contributed by atoms with Crippen molar-refractivity contribution >= 4 is 11.9 Å². The Morgan fingerprint density at radius 2 is 1.96 bits per heavy atom. The SMILES string of the molecule is CCNC(=NCc1ccc(C(=O)N(C)C)cc1)NCCCOCc1ccco1. The minimum absolute atomic E-state index is 0.000627. The molecule has 0 bridgehead atoms. The van der Waals surface area contributed by atoms with Gasteiger partial charge in [0, 0.05) is 39.4 Å². The first-order valence-corrected chi connectivity index (χ1v) is 9.53. The molecule has 0 unspecified atom stereocenters. The summed E-state index contributed by atoms with van der Waals surface area (Å²) < 4.78 is 10.8. The van der Waals surface area contributed by atoms with Gasteiger partial charge in [-0.05, 0) is 43.2 Å². The van der Waals surface area contributed by atoms with Gasteiger partial charge >= 0.3 is 0 Å². The lowest BCUT2D eigenvalue weighted by Crippen LogP contribution is -2.38. The molecule has 1 amide bonds. The van der Waals surface area contributed by atoms with Crippen LogP contribution >= 0.6 is 0 Å². The Hall–Kier alpha value is -2.80. The Labute approximate surface area is 166 Å². The van der Waals surface area contributed by atoms with Crippen molar-refractivity contribution in [2.45, 2.75) is 26.5 Å². The fraction of sp³-hybridized carbons (Fsp3) is 0.429. The van der Waals surface area contributed by atoms with E-state index in [1.54, 1.807) is 25.3 Å². The van der Waals surface area contributed by atoms with Crippen LogP contribution in [-0.4, -0.2) is 50.6 Å². The fourth-order valence-corrected chi connectivity index (χ4v) is 2.47. The molecule has 0 spiro atoms. The van der Waals surface area contributed by atoms with Crippen molar-refractivity contribution < 1.29 is 13.9 Å². The number of amides is 1. The van der Waals surface area contributed by atoms with Gasteiger partial charge in [0.2, 0.25) is 0 Å². The van der Waals surface area contributed by atoms with E-state index in [2.05, 4.69) is 15.6 Å². The van der Waals surface area contributed by atoms with Crippen LogP contribution in [0.5, 0.6) is 0 Å². The van der Waals surface area contributed by atoms with Gasteiger partial charge in [-0.2, -0.15) is 0 Å². The number of nitrogens with zero attached hydrogens (tertiary/aromatic N) is 2. The largest absolute Gasteiger partial charge is 0.467 e. The molecule has 152 valence electrons. The summed E-state index contributed by atoms with van der Waals surface area (Å²) in [6, 6.07) is 11.3. The number of guanidine groups is 1. The van der Waals surface area contributed by atoms with Crippen LogP contribution in [0.15, 0.2) is 52.1 Å². The molecule has 0 saturated carbocycles. The molecule has 0 fully saturated rings. The normalized spacial score (nSPS) is 11.3. The molecular weight excluding hydrogens is 356 g/mol. The topological polar surface area (TPSA) is 79.1 Å². The fourth-order valence-electron chi connectivity index (χ4n) is 2.47. The number of hydrogen-bond donors (Lipinski definition) is 2. The number of furan rings is 1. The van der Waals surface area contributed by atoms with E-state index in [-0.39, 0.29) is 5.91 Å². The molecule has 2 N–H and O–H groups in total. The molecule has 28 heavy (non-hydrogen) atoms. The van der Waals surface area contributed by atoms with Crippen molar-refractivity contribution in [1.82, 2.24) is 15.5 Å². The molecule has 1 heterocycles. The van der Waals surface area contributed by atoms with Gasteiger partial charge in [-0.1, -0.05) is 12.1 Å². The second kappa shape index (κ2) is 11.8. The molecule has 0 aliphatic carbocycles. The van der Waals surface area contributed by atoms with E-state index in [0.29, 0.717) is 25.3 Å². The number of benzene rings is 1. The van der Waals surface area contributed by atoms with Gasteiger partial charge in [0.1, 0.15) is 12.4 Å². The predicted octanol–water partition coefficient (Wildman–Crippen LogP) is 2.64. The minimum atomic E-state index is -0.000627. The summed E-state index contributed by atoms with van der Waals surface area (Å²) in [7, 11) is 3.49. The maximum atomic E-state index is 11.9. The summed E-state index contributed by atoms with van der Waals surface area (Å²) in [5.74, 6) is 1.60. The molecule has 1 aromatic carbocycles. The van der Waals surface area contributed by atoms with Crippen LogP contribution in [-0.2, 0) is 17.9 Å². The highest BCUT2D eigenvalue weighted by molar-refractivity contribution is 5.93. The molecular formula is C21H30N4O3. The van der Waals surface area contributed by atoms with Crippen molar-refractivity contribution in [2.24, 2.45) is 4.99 Å². The molecule has 2 rings (SSSR count). The zero-order chi connectivity index (χ0) is 20.2. The number of ether oxygens (including phenoxy) is 1. The van der Waals surface area contributed by atoms with E-state index >= 15 is 0 Å². The quantitative estimate of drug-likeness (QED) is 0.373. The predicted molar refractivity (Wildman–Crippen MR) is 110 cm³/mol. The molecule has 7 heteroatoms. The van der Waals surface area contributed by atoms with Crippen LogP contribution < -0.4 is 10.6 Å². The molecule has 0 aliphatic heterocycles. The van der Waals surface area contributed by atoms with E-state index in [1.165, 1.54) is 0 Å². The zero-order valence-corrected chi connectivity index (χ0v) is 16.9. The molecule has 0 saturated heterocycles. The van der Waals surface area contributed by atoms with Gasteiger partial charge in [-0.15, -0.1) is 0 Å². The summed E-state index contributed by atoms with van der Waals surface area (Å²) in [4.78, 5) is 18.1. The van der Waals surface area contributed by atoms with E-state index in [1.807, 2.05) is 43.3 Å². The van der Waals surface area contributed by atoms with Crippen LogP contribution in [0.4, 0.5) is 0 Å². The Kier molecular flexibility index (Phi) is 9.07. The first-order valence-electron chi connectivity index (χ1n) is 9.53. The number of hydrogen-bond acceptors (Lipinski definition) is 4. The first-order chi connectivity index (χ1) is 13.6. The molecule has 1 aromatic heterocycles. The van der Waals surface area contributed by atoms with Crippen molar-refractivity contribution in [3.05, 3.63) is 59.5 Å². The lowest BCUT2D eigenvalue weighted by molar-refractivity contribution is 0.0827. The Morgan fingerprint density at radius 1 is 1.18 bits per heavy atom. The van der Waals surface area contributed by atoms with Crippen molar-refractivity contribution in [2.75, 3.05) is 33.8 Å². The molecule has 0 radical (unpaired) electrons. The third-order valence-electron chi connectivity index (χ3n) is 3.95. The minimum Gasteiger partial charge on any atom is -0.467 e. The first kappa shape index (κ1) is 21.5. The van der Waals surface area contributed by atoms with E-state index in [0.717, 1.165) is 36.8 Å². The van der Waals surface area contributed by atoms with Crippen LogP contribution in [0.25, 0.3) is 0 Å². The highest BCUT2D eigenvalue weighted by atomic mass is 16.5. The van der Waals surface area contributed by atoms with Gasteiger partial charge in [0.15, 0.2) is 5.96 Å². The van der Waals surface area contributed by atoms with Gasteiger partial charge < -0.3 is 24.7 Å². The van der Waals surface area contributed by atoms with Crippen LogP contribution in [0, 0.1) is 0 Å². The van der Waals surface area contributed by atoms with E-state index < -0.39 is 0 Å². The van der Waals surface area contributed by atoms with Crippen LogP contribution in [0.2, 0.25) is 0 Å². The van der Waals surface area contributed by atoms with Crippen LogP contribution in [0.3, 0.4) is 0 Å². The highest BCUT2D eigenvalue weighted by Gasteiger charge is 2.07. The smallest absolute Gasteiger partial charge is 0.253 e. The molecule has 0 aliphatic rings. The molecule has 0 atom stereocenters. The number of aliphatic imine (C=N–C) groups is 1. The van der Waals surface area contributed by atoms with E-state index in [4.69, 9.17) is 9.15 Å². The van der Waals surface area contributed by atoms with Gasteiger partial charge in [0.25, 0.3) is 5.91 Å². The third-order valence-corrected chi connectivity index (χ3v) is 3.95. The second-order valence-electron chi connectivity index (χ2n) is 6.50. The zero-order valence-electron chi connectivity index (χ0n) is 16.9. The maximum Gasteiger partial charge on any atom is 0.253 e. The Bertz CT molecular complexity index is 725. The lowest BCUT2D eigenvalue weighted by Gasteiger charge is -2.12. The van der Waals surface area contributed by atoms with Gasteiger partial charge in [-0.3, -0.25) is 4.79 Å². The summed E-state index contributed by atoms with van der Waals surface area (Å²) in [5, 5.41) is 6.54. The summed E-state index contributed by atoms with van der Waals surface area (Å²) in [5.41, 5.74) is 1.73. The van der Waals surface area contributed by atoms with Crippen LogP contribution in [0.1, 0.15) is 35.0 Å². The van der Waals surface area contributed by atoms with Gasteiger partial charge in [0.05, 0.1) is 12.8 Å². The number of carbonyl (C=O) groups is 1. The Balaban J connectivity index is 1.74. The number of carbonyl (C=O) groups excluding carboxylic acids is 1. The highest BCUT2D eigenvalue weighted by Crippen LogP contribution is 2.07. The average Bonchev–Trinajstić information content (AvgIpc) is 3.22. The number of nitrogens with one attached hydrogen (secondary N) is 2. The summed E-state index contributed by atoms with van der Waals surface area (Å²) in [6.45, 7) is 5.27. The molecule has 2 aromatic rings. The second-order valence-corrected chi connectivity index (χ2v) is 6.50. The van der Waals surface area contributed by atoms with Crippen molar-refractivity contribution in [1.29, 1.82) is 0 Å². The van der Waals surface area contributed by atoms with Crippen molar-refractivity contribution in [3.8, 4) is 0 Å².